The van der Waals surface area contributed by atoms with Crippen molar-refractivity contribution in [1.29, 1.82) is 0 Å². The second-order valence-corrected chi connectivity index (χ2v) is 6.30. The summed E-state index contributed by atoms with van der Waals surface area (Å²) in [5.74, 6) is 0.683. The Kier molecular flexibility index (Phi) is 6.60. The summed E-state index contributed by atoms with van der Waals surface area (Å²) in [4.78, 5) is 17.4. The van der Waals surface area contributed by atoms with E-state index in [0.717, 1.165) is 62.3 Å². The van der Waals surface area contributed by atoms with Gasteiger partial charge in [-0.05, 0) is 37.4 Å². The first-order valence-electron chi connectivity index (χ1n) is 8.85. The summed E-state index contributed by atoms with van der Waals surface area (Å²) in [5, 5.41) is 0. The third-order valence-electron chi connectivity index (χ3n) is 4.78. The molecule has 1 aliphatic heterocycles. The Morgan fingerprint density at radius 2 is 1.65 bits per heavy atom. The molecular weight excluding hydrogens is 288 g/mol. The molecule has 1 aliphatic rings. The minimum atomic E-state index is -0.140. The molecule has 0 radical (unpaired) electrons. The van der Waals surface area contributed by atoms with Crippen LogP contribution in [-0.2, 0) is 17.6 Å². The Morgan fingerprint density at radius 3 is 2.13 bits per heavy atom. The number of carbonyl (C=O) groups is 1. The van der Waals surface area contributed by atoms with Gasteiger partial charge in [-0.2, -0.15) is 0 Å². The first-order chi connectivity index (χ1) is 11.1. The van der Waals surface area contributed by atoms with Crippen LogP contribution in [-0.4, -0.2) is 55.0 Å². The number of aryl methyl sites for hydroxylation is 2. The Balaban J connectivity index is 2.13. The maximum atomic E-state index is 12.8. The molecule has 1 aromatic rings. The number of piperazine rings is 1. The molecule has 0 bridgehead atoms. The summed E-state index contributed by atoms with van der Waals surface area (Å²) < 4.78 is 5.90. The van der Waals surface area contributed by atoms with Crippen LogP contribution < -0.4 is 4.74 Å². The molecule has 1 saturated heterocycles. The second kappa shape index (κ2) is 8.46. The molecular formula is C19H30N2O2. The summed E-state index contributed by atoms with van der Waals surface area (Å²) in [5.41, 5.74) is 2.23. The largest absolute Gasteiger partial charge is 0.425 e. The maximum Gasteiger partial charge on any atom is 0.328 e. The van der Waals surface area contributed by atoms with Gasteiger partial charge in [-0.3, -0.25) is 4.90 Å². The number of para-hydroxylation sites is 1. The third kappa shape index (κ3) is 4.33. The topological polar surface area (TPSA) is 32.8 Å². The molecule has 0 saturated carbocycles. The molecule has 1 atom stereocenters. The highest BCUT2D eigenvalue weighted by Crippen LogP contribution is 2.26. The van der Waals surface area contributed by atoms with E-state index in [2.05, 4.69) is 49.8 Å². The van der Waals surface area contributed by atoms with Gasteiger partial charge >= 0.3 is 5.97 Å². The van der Waals surface area contributed by atoms with Gasteiger partial charge in [0.05, 0.1) is 0 Å². The van der Waals surface area contributed by atoms with E-state index in [9.17, 15) is 4.79 Å². The van der Waals surface area contributed by atoms with Crippen LogP contribution in [0.5, 0.6) is 5.75 Å². The Bertz CT molecular complexity index is 500. The zero-order chi connectivity index (χ0) is 16.8. The lowest BCUT2D eigenvalue weighted by molar-refractivity contribution is -0.141. The summed E-state index contributed by atoms with van der Waals surface area (Å²) in [6.07, 6.45) is 2.54. The van der Waals surface area contributed by atoms with Crippen molar-refractivity contribution in [1.82, 2.24) is 9.80 Å². The van der Waals surface area contributed by atoms with Gasteiger partial charge in [0.25, 0.3) is 0 Å². The van der Waals surface area contributed by atoms with Gasteiger partial charge in [-0.15, -0.1) is 0 Å². The lowest BCUT2D eigenvalue weighted by atomic mass is 10.0. The molecule has 4 nitrogen and oxygen atoms in total. The van der Waals surface area contributed by atoms with Crippen LogP contribution in [0.3, 0.4) is 0 Å². The predicted octanol–water partition coefficient (Wildman–Crippen LogP) is 2.74. The fourth-order valence-electron chi connectivity index (χ4n) is 3.20. The number of nitrogens with zero attached hydrogens (tertiary/aromatic N) is 2. The average Bonchev–Trinajstić information content (AvgIpc) is 2.57. The van der Waals surface area contributed by atoms with Crippen LogP contribution in [0.2, 0.25) is 0 Å². The highest BCUT2D eigenvalue weighted by molar-refractivity contribution is 5.79. The van der Waals surface area contributed by atoms with Crippen molar-refractivity contribution in [2.75, 3.05) is 33.2 Å². The van der Waals surface area contributed by atoms with Crippen molar-refractivity contribution in [3.63, 3.8) is 0 Å². The highest BCUT2D eigenvalue weighted by Gasteiger charge is 2.29. The van der Waals surface area contributed by atoms with Gasteiger partial charge < -0.3 is 9.64 Å². The number of ether oxygens (including phenoxy) is 1. The van der Waals surface area contributed by atoms with Crippen molar-refractivity contribution in [2.24, 2.45) is 0 Å². The molecule has 0 N–H and O–H groups in total. The molecule has 1 unspecified atom stereocenters. The Morgan fingerprint density at radius 1 is 1.09 bits per heavy atom. The molecule has 0 aromatic heterocycles. The first kappa shape index (κ1) is 18.0. The Labute approximate surface area is 140 Å². The van der Waals surface area contributed by atoms with Crippen LogP contribution in [0, 0.1) is 0 Å². The number of likely N-dealkylation sites (N-methyl/N-ethyl adjacent to an activating group) is 1. The minimum absolute atomic E-state index is 0.104. The van der Waals surface area contributed by atoms with Gasteiger partial charge in [-0.25, -0.2) is 4.79 Å². The summed E-state index contributed by atoms with van der Waals surface area (Å²) in [6.45, 7) is 10.1. The van der Waals surface area contributed by atoms with Crippen molar-refractivity contribution in [3.8, 4) is 5.75 Å². The van der Waals surface area contributed by atoms with Gasteiger partial charge in [0.15, 0.2) is 0 Å². The van der Waals surface area contributed by atoms with Gasteiger partial charge in [0.2, 0.25) is 0 Å². The van der Waals surface area contributed by atoms with Crippen molar-refractivity contribution in [3.05, 3.63) is 29.3 Å². The number of benzene rings is 1. The zero-order valence-corrected chi connectivity index (χ0v) is 15.0. The lowest BCUT2D eigenvalue weighted by Gasteiger charge is -2.36. The van der Waals surface area contributed by atoms with Crippen LogP contribution in [0.1, 0.15) is 38.3 Å². The van der Waals surface area contributed by atoms with E-state index in [1.54, 1.807) is 0 Å². The Hall–Kier alpha value is -1.39. The minimum Gasteiger partial charge on any atom is -0.425 e. The van der Waals surface area contributed by atoms with Crippen molar-refractivity contribution < 1.29 is 9.53 Å². The number of hydrogen-bond donors (Lipinski definition) is 0. The number of rotatable bonds is 6. The summed E-state index contributed by atoms with van der Waals surface area (Å²) >= 11 is 0. The number of hydrogen-bond acceptors (Lipinski definition) is 4. The normalized spacial score (nSPS) is 17.9. The summed E-state index contributed by atoms with van der Waals surface area (Å²) in [6, 6.07) is 6.02. The molecule has 0 amide bonds. The predicted molar refractivity (Wildman–Crippen MR) is 94.0 cm³/mol. The molecule has 2 rings (SSSR count). The fraction of sp³-hybridized carbons (Fsp3) is 0.632. The highest BCUT2D eigenvalue weighted by atomic mass is 16.5. The third-order valence-corrected chi connectivity index (χ3v) is 4.78. The quantitative estimate of drug-likeness (QED) is 0.596. The number of esters is 1. The number of carbonyl (C=O) groups excluding carboxylic acids is 1. The SMILES string of the molecule is CCc1cccc(CC)c1OC(=O)C(CC)N1CCN(C)CC1. The van der Waals surface area contributed by atoms with E-state index in [-0.39, 0.29) is 12.0 Å². The van der Waals surface area contributed by atoms with E-state index >= 15 is 0 Å². The van der Waals surface area contributed by atoms with Gasteiger partial charge in [0.1, 0.15) is 11.8 Å². The van der Waals surface area contributed by atoms with Crippen molar-refractivity contribution >= 4 is 5.97 Å². The molecule has 128 valence electrons. The van der Waals surface area contributed by atoms with Crippen LogP contribution >= 0.6 is 0 Å². The summed E-state index contributed by atoms with van der Waals surface area (Å²) in [7, 11) is 2.13. The van der Waals surface area contributed by atoms with Crippen LogP contribution in [0.4, 0.5) is 0 Å². The van der Waals surface area contributed by atoms with Gasteiger partial charge in [0, 0.05) is 26.2 Å². The molecule has 23 heavy (non-hydrogen) atoms. The van der Waals surface area contributed by atoms with E-state index in [1.807, 2.05) is 6.07 Å². The molecule has 1 fully saturated rings. The monoisotopic (exact) mass is 318 g/mol. The van der Waals surface area contributed by atoms with Gasteiger partial charge in [-0.1, -0.05) is 39.0 Å². The van der Waals surface area contributed by atoms with E-state index in [4.69, 9.17) is 4.74 Å². The first-order valence-corrected chi connectivity index (χ1v) is 8.85. The average molecular weight is 318 g/mol. The van der Waals surface area contributed by atoms with E-state index in [1.165, 1.54) is 0 Å². The molecule has 0 spiro atoms. The lowest BCUT2D eigenvalue weighted by Crippen LogP contribution is -2.52. The van der Waals surface area contributed by atoms with Crippen molar-refractivity contribution in [2.45, 2.75) is 46.1 Å². The smallest absolute Gasteiger partial charge is 0.328 e. The molecule has 1 aromatic carbocycles. The fourth-order valence-corrected chi connectivity index (χ4v) is 3.20. The maximum absolute atomic E-state index is 12.8. The molecule has 1 heterocycles. The van der Waals surface area contributed by atoms with Crippen LogP contribution in [0.25, 0.3) is 0 Å². The standard InChI is InChI=1S/C19H30N2O2/c1-5-15-9-8-10-16(6-2)18(15)23-19(22)17(7-3)21-13-11-20(4)12-14-21/h8-10,17H,5-7,11-14H2,1-4H3. The van der Waals surface area contributed by atoms with Crippen LogP contribution in [0.15, 0.2) is 18.2 Å². The van der Waals surface area contributed by atoms with E-state index < -0.39 is 0 Å². The molecule has 4 heteroatoms. The zero-order valence-electron chi connectivity index (χ0n) is 15.0. The van der Waals surface area contributed by atoms with E-state index in [0.29, 0.717) is 0 Å². The molecule has 0 aliphatic carbocycles. The second-order valence-electron chi connectivity index (χ2n) is 6.30.